The number of benzene rings is 1. The zero-order valence-electron chi connectivity index (χ0n) is 11.3. The third-order valence-corrected chi connectivity index (χ3v) is 5.52. The summed E-state index contributed by atoms with van der Waals surface area (Å²) in [6, 6.07) is 9.53. The summed E-state index contributed by atoms with van der Waals surface area (Å²) in [6.45, 7) is 2.56. The van der Waals surface area contributed by atoms with Crippen LogP contribution in [0.4, 0.5) is 5.69 Å². The number of nitrogens with one attached hydrogen (secondary N) is 1. The second kappa shape index (κ2) is 5.67. The maximum absolute atomic E-state index is 12.3. The molecule has 0 radical (unpaired) electrons. The molecule has 0 unspecified atom stereocenters. The number of hydrogen-bond acceptors (Lipinski definition) is 4. The lowest BCUT2D eigenvalue weighted by atomic mass is 10.2. The fourth-order valence-corrected chi connectivity index (χ4v) is 4.23. The lowest BCUT2D eigenvalue weighted by Crippen LogP contribution is -2.22. The molecule has 0 bridgehead atoms. The van der Waals surface area contributed by atoms with E-state index >= 15 is 0 Å². The second-order valence-corrected chi connectivity index (χ2v) is 7.54. The van der Waals surface area contributed by atoms with E-state index in [0.29, 0.717) is 22.1 Å². The first kappa shape index (κ1) is 14.4. The lowest BCUT2D eigenvalue weighted by molar-refractivity contribution is 0.0956. The van der Waals surface area contributed by atoms with Gasteiger partial charge in [-0.25, -0.2) is 0 Å². The Hall–Kier alpha value is -1.56. The highest BCUT2D eigenvalue weighted by atomic mass is 35.5. The monoisotopic (exact) mass is 336 g/mol. The van der Waals surface area contributed by atoms with Crippen LogP contribution in [0, 0.1) is 6.92 Å². The van der Waals surface area contributed by atoms with Crippen molar-refractivity contribution in [1.82, 2.24) is 5.32 Å². The quantitative estimate of drug-likeness (QED) is 0.743. The van der Waals surface area contributed by atoms with Crippen LogP contribution in [0.2, 0.25) is 5.02 Å². The van der Waals surface area contributed by atoms with E-state index < -0.39 is 0 Å². The number of thiophene rings is 2. The van der Waals surface area contributed by atoms with Crippen molar-refractivity contribution in [3.05, 3.63) is 50.0 Å². The van der Waals surface area contributed by atoms with Gasteiger partial charge in [0.1, 0.15) is 4.88 Å². The minimum absolute atomic E-state index is 0.143. The highest BCUT2D eigenvalue weighted by molar-refractivity contribution is 7.21. The normalized spacial score (nSPS) is 11.0. The highest BCUT2D eigenvalue weighted by Gasteiger charge is 2.16. The van der Waals surface area contributed by atoms with Crippen molar-refractivity contribution < 1.29 is 4.79 Å². The van der Waals surface area contributed by atoms with Crippen LogP contribution in [-0.4, -0.2) is 5.91 Å². The topological polar surface area (TPSA) is 55.1 Å². The molecule has 0 fully saturated rings. The van der Waals surface area contributed by atoms with Gasteiger partial charge in [0.25, 0.3) is 5.91 Å². The van der Waals surface area contributed by atoms with Crippen molar-refractivity contribution in [2.24, 2.45) is 0 Å². The molecule has 0 aliphatic heterocycles. The number of aryl methyl sites for hydroxylation is 1. The zero-order valence-corrected chi connectivity index (χ0v) is 13.7. The summed E-state index contributed by atoms with van der Waals surface area (Å²) in [5.74, 6) is -0.143. The number of amides is 1. The number of carbonyl (C=O) groups is 1. The average Bonchev–Trinajstić information content (AvgIpc) is 3.00. The van der Waals surface area contributed by atoms with E-state index in [4.69, 9.17) is 17.3 Å². The molecule has 2 heterocycles. The fourth-order valence-electron chi connectivity index (χ4n) is 2.09. The van der Waals surface area contributed by atoms with Crippen LogP contribution in [-0.2, 0) is 6.54 Å². The number of carbonyl (C=O) groups excluding carboxylic acids is 1. The molecule has 0 saturated heterocycles. The largest absolute Gasteiger partial charge is 0.397 e. The van der Waals surface area contributed by atoms with Gasteiger partial charge in [-0.15, -0.1) is 22.7 Å². The van der Waals surface area contributed by atoms with Gasteiger partial charge >= 0.3 is 0 Å². The van der Waals surface area contributed by atoms with Crippen molar-refractivity contribution >= 4 is 56.0 Å². The Bertz CT molecular complexity index is 822. The van der Waals surface area contributed by atoms with Gasteiger partial charge < -0.3 is 11.1 Å². The smallest absolute Gasteiger partial charge is 0.263 e. The van der Waals surface area contributed by atoms with E-state index in [1.165, 1.54) is 16.2 Å². The van der Waals surface area contributed by atoms with Crippen LogP contribution in [0.3, 0.4) is 0 Å². The van der Waals surface area contributed by atoms with Crippen LogP contribution in [0.1, 0.15) is 19.4 Å². The van der Waals surface area contributed by atoms with Gasteiger partial charge in [-0.2, -0.15) is 0 Å². The molecular formula is C15H13ClN2OS2. The first-order chi connectivity index (χ1) is 10.0. The predicted molar refractivity (Wildman–Crippen MR) is 91.5 cm³/mol. The van der Waals surface area contributed by atoms with Crippen LogP contribution in [0.5, 0.6) is 0 Å². The van der Waals surface area contributed by atoms with Gasteiger partial charge in [-0.1, -0.05) is 11.6 Å². The third kappa shape index (κ3) is 2.90. The van der Waals surface area contributed by atoms with Crippen molar-refractivity contribution in [2.75, 3.05) is 5.73 Å². The van der Waals surface area contributed by atoms with Gasteiger partial charge in [0.05, 0.1) is 12.2 Å². The van der Waals surface area contributed by atoms with Gasteiger partial charge in [-0.05, 0) is 37.3 Å². The number of anilines is 1. The lowest BCUT2D eigenvalue weighted by Gasteiger charge is -2.02. The first-order valence-electron chi connectivity index (χ1n) is 6.35. The minimum atomic E-state index is -0.143. The summed E-state index contributed by atoms with van der Waals surface area (Å²) in [6.07, 6.45) is 0. The molecule has 2 aromatic heterocycles. The molecule has 3 rings (SSSR count). The van der Waals surface area contributed by atoms with E-state index in [9.17, 15) is 4.79 Å². The molecule has 6 heteroatoms. The number of nitrogen functional groups attached to an aromatic ring is 1. The summed E-state index contributed by atoms with van der Waals surface area (Å²) in [4.78, 5) is 15.2. The molecule has 1 amide bonds. The van der Waals surface area contributed by atoms with Crippen LogP contribution in [0.15, 0.2) is 30.3 Å². The minimum Gasteiger partial charge on any atom is -0.397 e. The zero-order chi connectivity index (χ0) is 15.0. The van der Waals surface area contributed by atoms with E-state index in [-0.39, 0.29) is 5.91 Å². The molecule has 0 spiro atoms. The molecule has 3 nitrogen and oxygen atoms in total. The average molecular weight is 337 g/mol. The van der Waals surface area contributed by atoms with E-state index in [2.05, 4.69) is 5.32 Å². The number of fused-ring (bicyclic) bond motifs is 1. The number of halogens is 1. The molecule has 0 aliphatic rings. The van der Waals surface area contributed by atoms with Gasteiger partial charge in [0.15, 0.2) is 0 Å². The SMILES string of the molecule is Cc1ccc(CNC(=O)c2sc3cc(Cl)ccc3c2N)s1. The molecular weight excluding hydrogens is 324 g/mol. The Balaban J connectivity index is 1.82. The van der Waals surface area contributed by atoms with Gasteiger partial charge in [0.2, 0.25) is 0 Å². The predicted octanol–water partition coefficient (Wildman–Crippen LogP) is 4.44. The molecule has 3 aromatic rings. The Morgan fingerprint density at radius 1 is 1.29 bits per heavy atom. The van der Waals surface area contributed by atoms with Crippen LogP contribution >= 0.6 is 34.3 Å². The molecule has 0 aliphatic carbocycles. The number of nitrogens with two attached hydrogens (primary N) is 1. The molecule has 0 atom stereocenters. The van der Waals surface area contributed by atoms with Crippen LogP contribution < -0.4 is 11.1 Å². The Kier molecular flexibility index (Phi) is 3.89. The highest BCUT2D eigenvalue weighted by Crippen LogP contribution is 2.35. The molecule has 108 valence electrons. The van der Waals surface area contributed by atoms with Crippen molar-refractivity contribution in [3.63, 3.8) is 0 Å². The van der Waals surface area contributed by atoms with Gasteiger partial charge in [-0.3, -0.25) is 4.79 Å². The second-order valence-electron chi connectivity index (χ2n) is 4.68. The number of hydrogen-bond donors (Lipinski definition) is 2. The number of rotatable bonds is 3. The van der Waals surface area contributed by atoms with E-state index in [1.807, 2.05) is 31.2 Å². The van der Waals surface area contributed by atoms with Gasteiger partial charge in [0, 0.05) is 24.9 Å². The Morgan fingerprint density at radius 3 is 2.81 bits per heavy atom. The Morgan fingerprint density at radius 2 is 2.10 bits per heavy atom. The molecule has 1 aromatic carbocycles. The summed E-state index contributed by atoms with van der Waals surface area (Å²) >= 11 is 9.01. The van der Waals surface area contributed by atoms with Crippen molar-refractivity contribution in [3.8, 4) is 0 Å². The van der Waals surface area contributed by atoms with E-state index in [0.717, 1.165) is 15.0 Å². The summed E-state index contributed by atoms with van der Waals surface area (Å²) in [7, 11) is 0. The molecule has 21 heavy (non-hydrogen) atoms. The fraction of sp³-hybridized carbons (Fsp3) is 0.133. The third-order valence-electron chi connectivity index (χ3n) is 3.12. The Labute approximate surface area is 135 Å². The van der Waals surface area contributed by atoms with Crippen molar-refractivity contribution in [2.45, 2.75) is 13.5 Å². The standard InChI is InChI=1S/C15H13ClN2OS2/c1-8-2-4-10(20-8)7-18-15(19)14-13(17)11-5-3-9(16)6-12(11)21-14/h2-6H,7,17H2,1H3,(H,18,19). The maximum atomic E-state index is 12.3. The van der Waals surface area contributed by atoms with Crippen LogP contribution in [0.25, 0.3) is 10.1 Å². The maximum Gasteiger partial charge on any atom is 0.263 e. The van der Waals surface area contributed by atoms with Crippen molar-refractivity contribution in [1.29, 1.82) is 0 Å². The summed E-state index contributed by atoms with van der Waals surface area (Å²) < 4.78 is 0.928. The summed E-state index contributed by atoms with van der Waals surface area (Å²) in [5.41, 5.74) is 6.59. The molecule has 0 saturated carbocycles. The first-order valence-corrected chi connectivity index (χ1v) is 8.37. The summed E-state index contributed by atoms with van der Waals surface area (Å²) in [5, 5.41) is 4.43. The van der Waals surface area contributed by atoms with E-state index in [1.54, 1.807) is 17.4 Å². The molecule has 3 N–H and O–H groups in total.